The second-order valence-electron chi connectivity index (χ2n) is 10.5. The molecule has 1 N–H and O–H groups in total. The average Bonchev–Trinajstić information content (AvgIpc) is 2.75. The molecule has 0 amide bonds. The summed E-state index contributed by atoms with van der Waals surface area (Å²) in [6.07, 6.45) is 0.831. The van der Waals surface area contributed by atoms with Crippen LogP contribution in [0.1, 0.15) is 57.7 Å². The number of phenolic OH excluding ortho intramolecular Hbond substituents is 1. The first-order chi connectivity index (χ1) is 15.8. The van der Waals surface area contributed by atoms with Gasteiger partial charge >= 0.3 is 0 Å². The summed E-state index contributed by atoms with van der Waals surface area (Å²) in [5.74, 6) is 0.587. The number of nitriles is 1. The van der Waals surface area contributed by atoms with Gasteiger partial charge < -0.3 is 19.0 Å². The molecule has 0 heterocycles. The minimum Gasteiger partial charge on any atom is -0.508 e. The summed E-state index contributed by atoms with van der Waals surface area (Å²) in [4.78, 5) is 0. The minimum absolute atomic E-state index is 0.203. The number of phenols is 1. The molecular formula is C27H38ClNO4Si. The molecule has 0 aliphatic rings. The van der Waals surface area contributed by atoms with Crippen molar-refractivity contribution >= 4 is 19.9 Å². The van der Waals surface area contributed by atoms with Crippen molar-refractivity contribution < 1.29 is 19.0 Å². The number of aromatic hydroxyl groups is 1. The lowest BCUT2D eigenvalue weighted by Gasteiger charge is -2.36. The van der Waals surface area contributed by atoms with E-state index in [1.54, 1.807) is 12.1 Å². The molecule has 0 fully saturated rings. The van der Waals surface area contributed by atoms with Gasteiger partial charge in [-0.05, 0) is 59.9 Å². The number of halogens is 1. The van der Waals surface area contributed by atoms with Gasteiger partial charge in [-0.3, -0.25) is 0 Å². The maximum atomic E-state index is 9.70. The van der Waals surface area contributed by atoms with Crippen molar-refractivity contribution in [1.29, 1.82) is 5.26 Å². The van der Waals surface area contributed by atoms with E-state index in [2.05, 4.69) is 53.8 Å². The van der Waals surface area contributed by atoms with Crippen LogP contribution in [0.25, 0.3) is 0 Å². The molecule has 0 saturated carbocycles. The molecule has 0 aromatic heterocycles. The van der Waals surface area contributed by atoms with Crippen LogP contribution in [0, 0.1) is 11.3 Å². The van der Waals surface area contributed by atoms with Gasteiger partial charge in [0.15, 0.2) is 14.1 Å². The fraction of sp³-hybridized carbons (Fsp3) is 0.519. The second-order valence-corrected chi connectivity index (χ2v) is 15.8. The monoisotopic (exact) mass is 503 g/mol. The van der Waals surface area contributed by atoms with E-state index in [9.17, 15) is 10.4 Å². The van der Waals surface area contributed by atoms with Crippen LogP contribution in [-0.4, -0.2) is 39.9 Å². The Morgan fingerprint density at radius 1 is 0.941 bits per heavy atom. The van der Waals surface area contributed by atoms with Gasteiger partial charge in [0.2, 0.25) is 0 Å². The number of ether oxygens (including phenoxy) is 2. The third-order valence-electron chi connectivity index (χ3n) is 6.65. The first-order valence-corrected chi connectivity index (χ1v) is 15.0. The Bertz CT molecular complexity index is 991. The highest BCUT2D eigenvalue weighted by Crippen LogP contribution is 2.39. The van der Waals surface area contributed by atoms with E-state index >= 15 is 0 Å². The number of nitrogens with zero attached hydrogens (tertiary/aromatic N) is 1. The molecule has 0 aliphatic carbocycles. The molecule has 7 heteroatoms. The fourth-order valence-corrected chi connectivity index (χ4v) is 4.60. The SMILES string of the molecule is CC(C)(c1ccc(O)cc1)c1cc(Cl)c(OCCOCCCO[Si](C)(C)C(C)(C)C)c(C#N)c1. The Labute approximate surface area is 210 Å². The summed E-state index contributed by atoms with van der Waals surface area (Å²) in [7, 11) is -1.72. The summed E-state index contributed by atoms with van der Waals surface area (Å²) < 4.78 is 17.6. The zero-order valence-electron chi connectivity index (χ0n) is 21.5. The number of hydrogen-bond acceptors (Lipinski definition) is 5. The summed E-state index contributed by atoms with van der Waals surface area (Å²) in [5, 5.41) is 19.9. The molecule has 2 aromatic carbocycles. The summed E-state index contributed by atoms with van der Waals surface area (Å²) in [5.41, 5.74) is 1.88. The zero-order chi connectivity index (χ0) is 25.6. The van der Waals surface area contributed by atoms with Crippen LogP contribution in [-0.2, 0) is 14.6 Å². The minimum atomic E-state index is -1.72. The summed E-state index contributed by atoms with van der Waals surface area (Å²) >= 11 is 6.52. The van der Waals surface area contributed by atoms with Crippen molar-refractivity contribution in [2.24, 2.45) is 0 Å². The molecule has 0 atom stereocenters. The topological polar surface area (TPSA) is 71.7 Å². The Hall–Kier alpha value is -2.04. The van der Waals surface area contributed by atoms with Crippen LogP contribution in [0.4, 0.5) is 0 Å². The third-order valence-corrected chi connectivity index (χ3v) is 11.5. The van der Waals surface area contributed by atoms with Crippen molar-refractivity contribution in [2.75, 3.05) is 26.4 Å². The predicted molar refractivity (Wildman–Crippen MR) is 140 cm³/mol. The van der Waals surface area contributed by atoms with E-state index in [1.807, 2.05) is 24.3 Å². The second kappa shape index (κ2) is 11.6. The first kappa shape index (κ1) is 28.2. The molecule has 5 nitrogen and oxygen atoms in total. The lowest BCUT2D eigenvalue weighted by Crippen LogP contribution is -2.41. The van der Waals surface area contributed by atoms with Gasteiger partial charge in [-0.25, -0.2) is 0 Å². The maximum Gasteiger partial charge on any atom is 0.191 e. The Morgan fingerprint density at radius 2 is 1.59 bits per heavy atom. The van der Waals surface area contributed by atoms with Crippen molar-refractivity contribution in [3.05, 3.63) is 58.1 Å². The van der Waals surface area contributed by atoms with Crippen LogP contribution in [0.2, 0.25) is 23.2 Å². The first-order valence-electron chi connectivity index (χ1n) is 11.7. The molecule has 0 bridgehead atoms. The normalized spacial score (nSPS) is 12.4. The van der Waals surface area contributed by atoms with Gasteiger partial charge in [-0.2, -0.15) is 5.26 Å². The van der Waals surface area contributed by atoms with Crippen LogP contribution in [0.15, 0.2) is 36.4 Å². The molecule has 2 rings (SSSR count). The number of benzene rings is 2. The summed E-state index contributed by atoms with van der Waals surface area (Å²) in [6.45, 7) is 17.3. The molecular weight excluding hydrogens is 466 g/mol. The molecule has 186 valence electrons. The van der Waals surface area contributed by atoms with Crippen molar-refractivity contribution in [3.8, 4) is 17.6 Å². The molecule has 0 aliphatic heterocycles. The number of hydrogen-bond donors (Lipinski definition) is 1. The molecule has 0 spiro atoms. The Balaban J connectivity index is 1.90. The predicted octanol–water partition coefficient (Wildman–Crippen LogP) is 7.05. The maximum absolute atomic E-state index is 9.70. The molecule has 0 saturated heterocycles. The van der Waals surface area contributed by atoms with E-state index < -0.39 is 13.7 Å². The van der Waals surface area contributed by atoms with Gasteiger partial charge in [-0.15, -0.1) is 0 Å². The third kappa shape index (κ3) is 7.23. The zero-order valence-corrected chi connectivity index (χ0v) is 23.3. The highest BCUT2D eigenvalue weighted by molar-refractivity contribution is 6.74. The van der Waals surface area contributed by atoms with E-state index in [-0.39, 0.29) is 10.8 Å². The largest absolute Gasteiger partial charge is 0.508 e. The summed E-state index contributed by atoms with van der Waals surface area (Å²) in [6, 6.07) is 12.9. The van der Waals surface area contributed by atoms with Crippen molar-refractivity contribution in [3.63, 3.8) is 0 Å². The van der Waals surface area contributed by atoms with Crippen LogP contribution < -0.4 is 4.74 Å². The molecule has 0 unspecified atom stereocenters. The van der Waals surface area contributed by atoms with Crippen molar-refractivity contribution in [2.45, 2.75) is 64.6 Å². The Kier molecular flexibility index (Phi) is 9.61. The fourth-order valence-electron chi connectivity index (χ4n) is 3.24. The molecule has 2 aromatic rings. The van der Waals surface area contributed by atoms with Crippen LogP contribution in [0.5, 0.6) is 11.5 Å². The van der Waals surface area contributed by atoms with Gasteiger partial charge in [0.25, 0.3) is 0 Å². The van der Waals surface area contributed by atoms with E-state index in [4.69, 9.17) is 25.5 Å². The van der Waals surface area contributed by atoms with E-state index in [1.165, 1.54) is 0 Å². The smallest absolute Gasteiger partial charge is 0.191 e. The Morgan fingerprint density at radius 3 is 2.18 bits per heavy atom. The van der Waals surface area contributed by atoms with Gasteiger partial charge in [0.05, 0.1) is 17.2 Å². The quantitative estimate of drug-likeness (QED) is 0.262. The van der Waals surface area contributed by atoms with Crippen molar-refractivity contribution in [1.82, 2.24) is 0 Å². The van der Waals surface area contributed by atoms with E-state index in [0.717, 1.165) is 17.5 Å². The average molecular weight is 504 g/mol. The van der Waals surface area contributed by atoms with Gasteiger partial charge in [0.1, 0.15) is 18.4 Å². The van der Waals surface area contributed by atoms with Crippen LogP contribution in [0.3, 0.4) is 0 Å². The van der Waals surface area contributed by atoms with E-state index in [0.29, 0.717) is 42.8 Å². The number of rotatable bonds is 11. The standard InChI is InChI=1S/C27H38ClNO4Si/c1-26(2,3)34(6,7)33-14-8-13-31-15-16-32-25-20(19-29)17-22(18-24(25)28)27(4,5)21-9-11-23(30)12-10-21/h9-12,17-18,30H,8,13-16H2,1-7H3. The highest BCUT2D eigenvalue weighted by Gasteiger charge is 2.36. The van der Waals surface area contributed by atoms with Crippen LogP contribution >= 0.6 is 11.6 Å². The lowest BCUT2D eigenvalue weighted by molar-refractivity contribution is 0.0891. The molecule has 34 heavy (non-hydrogen) atoms. The highest BCUT2D eigenvalue weighted by atomic mass is 35.5. The lowest BCUT2D eigenvalue weighted by atomic mass is 9.77. The van der Waals surface area contributed by atoms with Gasteiger partial charge in [-0.1, -0.05) is 58.4 Å². The van der Waals surface area contributed by atoms with Gasteiger partial charge in [0, 0.05) is 18.6 Å². The molecule has 0 radical (unpaired) electrons.